The maximum absolute atomic E-state index is 11.3. The van der Waals surface area contributed by atoms with Gasteiger partial charge in [-0.2, -0.15) is 0 Å². The number of carbonyl (C=O) groups is 1. The SMILES string of the molecule is CCNC(=O)CNc1cc(=O)[nH]c(C(C)C)n1. The zero-order valence-electron chi connectivity index (χ0n) is 10.3. The number of H-pyrrole nitrogens is 1. The van der Waals surface area contributed by atoms with Crippen LogP contribution in [0.2, 0.25) is 0 Å². The van der Waals surface area contributed by atoms with Crippen LogP contribution in [0.5, 0.6) is 0 Å². The van der Waals surface area contributed by atoms with E-state index in [-0.39, 0.29) is 23.9 Å². The van der Waals surface area contributed by atoms with Crippen molar-refractivity contribution in [3.05, 3.63) is 22.2 Å². The van der Waals surface area contributed by atoms with Crippen molar-refractivity contribution >= 4 is 11.7 Å². The first-order valence-electron chi connectivity index (χ1n) is 5.64. The van der Waals surface area contributed by atoms with Gasteiger partial charge in [0.25, 0.3) is 5.56 Å². The van der Waals surface area contributed by atoms with E-state index in [0.717, 1.165) is 0 Å². The number of carbonyl (C=O) groups excluding carboxylic acids is 1. The number of anilines is 1. The van der Waals surface area contributed by atoms with Crippen molar-refractivity contribution in [2.75, 3.05) is 18.4 Å². The van der Waals surface area contributed by atoms with Crippen molar-refractivity contribution in [3.63, 3.8) is 0 Å². The summed E-state index contributed by atoms with van der Waals surface area (Å²) in [4.78, 5) is 29.5. The molecule has 0 aliphatic carbocycles. The van der Waals surface area contributed by atoms with Gasteiger partial charge in [0.1, 0.15) is 11.6 Å². The molecule has 94 valence electrons. The minimum atomic E-state index is -0.220. The van der Waals surface area contributed by atoms with Gasteiger partial charge in [-0.25, -0.2) is 4.98 Å². The van der Waals surface area contributed by atoms with Gasteiger partial charge in [0, 0.05) is 18.5 Å². The lowest BCUT2D eigenvalue weighted by atomic mass is 10.2. The highest BCUT2D eigenvalue weighted by atomic mass is 16.2. The monoisotopic (exact) mass is 238 g/mol. The molecule has 3 N–H and O–H groups in total. The predicted molar refractivity (Wildman–Crippen MR) is 66.1 cm³/mol. The normalized spacial score (nSPS) is 10.4. The van der Waals surface area contributed by atoms with Gasteiger partial charge in [0.15, 0.2) is 0 Å². The number of aromatic nitrogens is 2. The van der Waals surface area contributed by atoms with E-state index in [4.69, 9.17) is 0 Å². The van der Waals surface area contributed by atoms with Crippen LogP contribution in [-0.2, 0) is 4.79 Å². The number of rotatable bonds is 5. The van der Waals surface area contributed by atoms with Crippen LogP contribution in [0.3, 0.4) is 0 Å². The Morgan fingerprint density at radius 2 is 2.24 bits per heavy atom. The summed E-state index contributed by atoms with van der Waals surface area (Å²) in [6.45, 7) is 6.42. The average molecular weight is 238 g/mol. The van der Waals surface area contributed by atoms with Gasteiger partial charge in [0.2, 0.25) is 5.91 Å². The maximum atomic E-state index is 11.3. The number of nitrogens with one attached hydrogen (secondary N) is 3. The highest BCUT2D eigenvalue weighted by Crippen LogP contribution is 2.08. The van der Waals surface area contributed by atoms with Crippen LogP contribution in [-0.4, -0.2) is 29.0 Å². The lowest BCUT2D eigenvalue weighted by molar-refractivity contribution is -0.119. The number of hydrogen-bond donors (Lipinski definition) is 3. The molecule has 1 aromatic rings. The van der Waals surface area contributed by atoms with Crippen molar-refractivity contribution in [3.8, 4) is 0 Å². The van der Waals surface area contributed by atoms with Crippen molar-refractivity contribution < 1.29 is 4.79 Å². The summed E-state index contributed by atoms with van der Waals surface area (Å²) in [5, 5.41) is 5.47. The van der Waals surface area contributed by atoms with Gasteiger partial charge in [-0.05, 0) is 6.92 Å². The van der Waals surface area contributed by atoms with E-state index in [0.29, 0.717) is 18.2 Å². The maximum Gasteiger partial charge on any atom is 0.252 e. The Bertz CT molecular complexity index is 439. The molecule has 0 radical (unpaired) electrons. The minimum Gasteiger partial charge on any atom is -0.361 e. The van der Waals surface area contributed by atoms with Crippen LogP contribution in [0, 0.1) is 0 Å². The summed E-state index contributed by atoms with van der Waals surface area (Å²) in [6, 6.07) is 1.34. The number of aromatic amines is 1. The lowest BCUT2D eigenvalue weighted by Gasteiger charge is -2.08. The fourth-order valence-corrected chi connectivity index (χ4v) is 1.27. The first kappa shape index (κ1) is 13.2. The summed E-state index contributed by atoms with van der Waals surface area (Å²) in [7, 11) is 0. The topological polar surface area (TPSA) is 86.9 Å². The summed E-state index contributed by atoms with van der Waals surface area (Å²) >= 11 is 0. The second-order valence-electron chi connectivity index (χ2n) is 3.98. The molecule has 0 atom stereocenters. The Kier molecular flexibility index (Phi) is 4.68. The molecule has 0 aromatic carbocycles. The van der Waals surface area contributed by atoms with Gasteiger partial charge in [0.05, 0.1) is 6.54 Å². The van der Waals surface area contributed by atoms with E-state index < -0.39 is 0 Å². The molecule has 0 aliphatic rings. The Balaban J connectivity index is 2.71. The molecule has 1 heterocycles. The van der Waals surface area contributed by atoms with E-state index in [1.807, 2.05) is 20.8 Å². The quantitative estimate of drug-likeness (QED) is 0.694. The number of likely N-dealkylation sites (N-methyl/N-ethyl adjacent to an activating group) is 1. The van der Waals surface area contributed by atoms with Crippen LogP contribution >= 0.6 is 0 Å². The molecule has 1 rings (SSSR count). The summed E-state index contributed by atoms with van der Waals surface area (Å²) in [6.07, 6.45) is 0. The number of hydrogen-bond acceptors (Lipinski definition) is 4. The first-order chi connectivity index (χ1) is 8.02. The lowest BCUT2D eigenvalue weighted by Crippen LogP contribution is -2.30. The summed E-state index contributed by atoms with van der Waals surface area (Å²) in [5.41, 5.74) is -0.220. The van der Waals surface area contributed by atoms with Crippen LogP contribution in [0.15, 0.2) is 10.9 Å². The molecule has 0 saturated carbocycles. The molecular formula is C11H18N4O2. The molecular weight excluding hydrogens is 220 g/mol. The molecule has 6 nitrogen and oxygen atoms in total. The fourth-order valence-electron chi connectivity index (χ4n) is 1.27. The highest BCUT2D eigenvalue weighted by molar-refractivity contribution is 5.80. The van der Waals surface area contributed by atoms with Crippen LogP contribution in [0.25, 0.3) is 0 Å². The molecule has 0 saturated heterocycles. The van der Waals surface area contributed by atoms with Gasteiger partial charge in [-0.3, -0.25) is 9.59 Å². The molecule has 0 spiro atoms. The minimum absolute atomic E-state index is 0.113. The third-order valence-electron chi connectivity index (χ3n) is 2.11. The molecule has 0 unspecified atom stereocenters. The smallest absolute Gasteiger partial charge is 0.252 e. The van der Waals surface area contributed by atoms with E-state index in [1.165, 1.54) is 6.07 Å². The molecule has 1 amide bonds. The van der Waals surface area contributed by atoms with Crippen molar-refractivity contribution in [1.82, 2.24) is 15.3 Å². The molecule has 1 aromatic heterocycles. The van der Waals surface area contributed by atoms with Gasteiger partial charge in [-0.1, -0.05) is 13.8 Å². The van der Waals surface area contributed by atoms with Crippen molar-refractivity contribution in [2.24, 2.45) is 0 Å². The standard InChI is InChI=1S/C11H18N4O2/c1-4-12-10(17)6-13-8-5-9(16)15-11(14-8)7(2)3/h5,7H,4,6H2,1-3H3,(H,12,17)(H2,13,14,15,16). The Morgan fingerprint density at radius 3 is 2.82 bits per heavy atom. The van der Waals surface area contributed by atoms with Crippen molar-refractivity contribution in [1.29, 1.82) is 0 Å². The Morgan fingerprint density at radius 1 is 1.53 bits per heavy atom. The molecule has 6 heteroatoms. The van der Waals surface area contributed by atoms with Gasteiger partial charge >= 0.3 is 0 Å². The predicted octanol–water partition coefficient (Wildman–Crippen LogP) is 0.441. The first-order valence-corrected chi connectivity index (χ1v) is 5.64. The fraction of sp³-hybridized carbons (Fsp3) is 0.545. The highest BCUT2D eigenvalue weighted by Gasteiger charge is 2.06. The second-order valence-corrected chi connectivity index (χ2v) is 3.98. The zero-order valence-corrected chi connectivity index (χ0v) is 10.3. The largest absolute Gasteiger partial charge is 0.361 e. The van der Waals surface area contributed by atoms with Crippen molar-refractivity contribution in [2.45, 2.75) is 26.7 Å². The number of amides is 1. The van der Waals surface area contributed by atoms with Crippen LogP contribution in [0.1, 0.15) is 32.5 Å². The van der Waals surface area contributed by atoms with E-state index in [2.05, 4.69) is 20.6 Å². The summed E-state index contributed by atoms with van der Waals surface area (Å²) in [5.74, 6) is 1.04. The van der Waals surface area contributed by atoms with E-state index in [9.17, 15) is 9.59 Å². The van der Waals surface area contributed by atoms with Crippen LogP contribution < -0.4 is 16.2 Å². The summed E-state index contributed by atoms with van der Waals surface area (Å²) < 4.78 is 0. The molecule has 0 aliphatic heterocycles. The van der Waals surface area contributed by atoms with Gasteiger partial charge in [-0.15, -0.1) is 0 Å². The van der Waals surface area contributed by atoms with E-state index >= 15 is 0 Å². The van der Waals surface area contributed by atoms with Crippen LogP contribution in [0.4, 0.5) is 5.82 Å². The molecule has 0 bridgehead atoms. The Labute approximate surface area is 99.8 Å². The average Bonchev–Trinajstić information content (AvgIpc) is 2.26. The molecule has 17 heavy (non-hydrogen) atoms. The third-order valence-corrected chi connectivity index (χ3v) is 2.11. The second kappa shape index (κ2) is 6.03. The Hall–Kier alpha value is -1.85. The third kappa shape index (κ3) is 4.26. The molecule has 0 fully saturated rings. The number of nitrogens with zero attached hydrogens (tertiary/aromatic N) is 1. The zero-order chi connectivity index (χ0) is 12.8. The van der Waals surface area contributed by atoms with Gasteiger partial charge < -0.3 is 15.6 Å². The van der Waals surface area contributed by atoms with E-state index in [1.54, 1.807) is 0 Å².